The standard InChI is InChI=1S/C18H25N3O3/c1-14(2)24-16-6-3-5-15(13-16)7-8-17(22)20-9-4-10-21(12-11-20)18(19)23/h3,5-8,13-14H,4,9-12H2,1-2H3,(H2,19,23). The monoisotopic (exact) mass is 331 g/mol. The topological polar surface area (TPSA) is 75.9 Å². The number of carbonyl (C=O) groups is 2. The molecule has 0 aromatic heterocycles. The van der Waals surface area contributed by atoms with Crippen molar-refractivity contribution in [3.05, 3.63) is 35.9 Å². The van der Waals surface area contributed by atoms with Gasteiger partial charge >= 0.3 is 6.03 Å². The Morgan fingerprint density at radius 2 is 1.88 bits per heavy atom. The number of nitrogens with zero attached hydrogens (tertiary/aromatic N) is 2. The summed E-state index contributed by atoms with van der Waals surface area (Å²) in [6.45, 7) is 6.15. The predicted octanol–water partition coefficient (Wildman–Crippen LogP) is 2.10. The Hall–Kier alpha value is -2.50. The van der Waals surface area contributed by atoms with E-state index in [1.165, 1.54) is 0 Å². The Bertz CT molecular complexity index is 613. The fourth-order valence-corrected chi connectivity index (χ4v) is 2.59. The van der Waals surface area contributed by atoms with E-state index in [4.69, 9.17) is 10.5 Å². The van der Waals surface area contributed by atoms with Gasteiger partial charge < -0.3 is 20.3 Å². The van der Waals surface area contributed by atoms with Gasteiger partial charge in [-0.1, -0.05) is 12.1 Å². The van der Waals surface area contributed by atoms with E-state index in [9.17, 15) is 9.59 Å². The van der Waals surface area contributed by atoms with Crippen LogP contribution in [-0.2, 0) is 4.79 Å². The predicted molar refractivity (Wildman–Crippen MR) is 93.6 cm³/mol. The summed E-state index contributed by atoms with van der Waals surface area (Å²) < 4.78 is 5.65. The molecule has 24 heavy (non-hydrogen) atoms. The zero-order valence-corrected chi connectivity index (χ0v) is 14.3. The molecular weight excluding hydrogens is 306 g/mol. The second-order valence-corrected chi connectivity index (χ2v) is 6.08. The number of urea groups is 1. The molecule has 6 heteroatoms. The lowest BCUT2D eigenvalue weighted by atomic mass is 10.2. The van der Waals surface area contributed by atoms with Crippen LogP contribution in [0.1, 0.15) is 25.8 Å². The van der Waals surface area contributed by atoms with E-state index in [1.54, 1.807) is 22.0 Å². The average Bonchev–Trinajstić information content (AvgIpc) is 2.78. The third-order valence-corrected chi connectivity index (χ3v) is 3.77. The lowest BCUT2D eigenvalue weighted by molar-refractivity contribution is -0.125. The summed E-state index contributed by atoms with van der Waals surface area (Å²) in [5.74, 6) is 0.725. The van der Waals surface area contributed by atoms with Crippen molar-refractivity contribution in [2.24, 2.45) is 5.73 Å². The summed E-state index contributed by atoms with van der Waals surface area (Å²) in [6, 6.07) is 7.20. The van der Waals surface area contributed by atoms with Crippen LogP contribution >= 0.6 is 0 Å². The van der Waals surface area contributed by atoms with Crippen molar-refractivity contribution in [1.82, 2.24) is 9.80 Å². The van der Waals surface area contributed by atoms with Crippen LogP contribution in [0.2, 0.25) is 0 Å². The quantitative estimate of drug-likeness (QED) is 0.859. The smallest absolute Gasteiger partial charge is 0.314 e. The van der Waals surface area contributed by atoms with Gasteiger partial charge in [-0.15, -0.1) is 0 Å². The first-order chi connectivity index (χ1) is 11.5. The molecule has 1 saturated heterocycles. The Morgan fingerprint density at radius 3 is 2.58 bits per heavy atom. The van der Waals surface area contributed by atoms with E-state index in [2.05, 4.69) is 0 Å². The van der Waals surface area contributed by atoms with Crippen LogP contribution < -0.4 is 10.5 Å². The number of hydrogen-bond donors (Lipinski definition) is 1. The van der Waals surface area contributed by atoms with Crippen molar-refractivity contribution in [3.63, 3.8) is 0 Å². The van der Waals surface area contributed by atoms with Crippen LogP contribution in [0, 0.1) is 0 Å². The molecule has 0 radical (unpaired) electrons. The van der Waals surface area contributed by atoms with E-state index < -0.39 is 6.03 Å². The van der Waals surface area contributed by atoms with Crippen LogP contribution in [0.15, 0.2) is 30.3 Å². The van der Waals surface area contributed by atoms with E-state index in [0.29, 0.717) is 26.2 Å². The number of primary amides is 1. The highest BCUT2D eigenvalue weighted by Crippen LogP contribution is 2.16. The van der Waals surface area contributed by atoms with Gasteiger partial charge in [0.2, 0.25) is 5.91 Å². The summed E-state index contributed by atoms with van der Waals surface area (Å²) in [5, 5.41) is 0. The SMILES string of the molecule is CC(C)Oc1cccc(C=CC(=O)N2CCCN(C(N)=O)CC2)c1. The molecule has 0 bridgehead atoms. The molecule has 2 N–H and O–H groups in total. The molecule has 0 unspecified atom stereocenters. The molecule has 130 valence electrons. The van der Waals surface area contributed by atoms with Crippen LogP contribution in [0.4, 0.5) is 4.79 Å². The van der Waals surface area contributed by atoms with Crippen molar-refractivity contribution < 1.29 is 14.3 Å². The summed E-state index contributed by atoms with van der Waals surface area (Å²) in [5.41, 5.74) is 6.21. The summed E-state index contributed by atoms with van der Waals surface area (Å²) in [7, 11) is 0. The Kier molecular flexibility index (Phi) is 6.23. The molecule has 2 rings (SSSR count). The number of nitrogens with two attached hydrogens (primary N) is 1. The summed E-state index contributed by atoms with van der Waals surface area (Å²) in [4.78, 5) is 26.9. The van der Waals surface area contributed by atoms with Gasteiger partial charge in [-0.25, -0.2) is 4.79 Å². The number of benzene rings is 1. The first-order valence-electron chi connectivity index (χ1n) is 8.24. The first-order valence-corrected chi connectivity index (χ1v) is 8.24. The molecule has 1 aliphatic rings. The van der Waals surface area contributed by atoms with Crippen LogP contribution in [-0.4, -0.2) is 54.0 Å². The van der Waals surface area contributed by atoms with Gasteiger partial charge in [0.25, 0.3) is 0 Å². The van der Waals surface area contributed by atoms with Crippen molar-refractivity contribution in [1.29, 1.82) is 0 Å². The molecule has 1 aromatic carbocycles. The molecule has 1 fully saturated rings. The Labute approximate surface area is 142 Å². The second kappa shape index (κ2) is 8.38. The van der Waals surface area contributed by atoms with Gasteiger partial charge in [0, 0.05) is 32.3 Å². The minimum atomic E-state index is -0.429. The number of rotatable bonds is 4. The maximum Gasteiger partial charge on any atom is 0.314 e. The molecule has 0 spiro atoms. The maximum atomic E-state index is 12.3. The van der Waals surface area contributed by atoms with Crippen molar-refractivity contribution in [2.45, 2.75) is 26.4 Å². The number of ether oxygens (including phenoxy) is 1. The molecule has 1 aromatic rings. The van der Waals surface area contributed by atoms with E-state index in [0.717, 1.165) is 17.7 Å². The molecule has 0 aliphatic carbocycles. The van der Waals surface area contributed by atoms with E-state index >= 15 is 0 Å². The van der Waals surface area contributed by atoms with Gasteiger partial charge in [0.15, 0.2) is 0 Å². The highest BCUT2D eigenvalue weighted by Gasteiger charge is 2.19. The number of amides is 3. The normalized spacial score (nSPS) is 15.6. The molecule has 1 heterocycles. The summed E-state index contributed by atoms with van der Waals surface area (Å²) in [6.07, 6.45) is 4.19. The second-order valence-electron chi connectivity index (χ2n) is 6.08. The lowest BCUT2D eigenvalue weighted by Gasteiger charge is -2.19. The van der Waals surface area contributed by atoms with Crippen LogP contribution in [0.25, 0.3) is 6.08 Å². The fourth-order valence-electron chi connectivity index (χ4n) is 2.59. The number of hydrogen-bond acceptors (Lipinski definition) is 3. The zero-order chi connectivity index (χ0) is 17.5. The third-order valence-electron chi connectivity index (χ3n) is 3.77. The van der Waals surface area contributed by atoms with Crippen LogP contribution in [0.3, 0.4) is 0 Å². The average molecular weight is 331 g/mol. The highest BCUT2D eigenvalue weighted by atomic mass is 16.5. The molecule has 3 amide bonds. The van der Waals surface area contributed by atoms with Crippen molar-refractivity contribution in [3.8, 4) is 5.75 Å². The first kappa shape index (κ1) is 17.8. The van der Waals surface area contributed by atoms with E-state index in [1.807, 2.05) is 38.1 Å². The molecule has 6 nitrogen and oxygen atoms in total. The highest BCUT2D eigenvalue weighted by molar-refractivity contribution is 5.91. The Morgan fingerprint density at radius 1 is 1.17 bits per heavy atom. The summed E-state index contributed by atoms with van der Waals surface area (Å²) >= 11 is 0. The Balaban J connectivity index is 1.96. The molecule has 0 atom stereocenters. The van der Waals surface area contributed by atoms with Crippen LogP contribution in [0.5, 0.6) is 5.75 Å². The maximum absolute atomic E-state index is 12.3. The van der Waals surface area contributed by atoms with Gasteiger partial charge in [-0.2, -0.15) is 0 Å². The largest absolute Gasteiger partial charge is 0.491 e. The van der Waals surface area contributed by atoms with E-state index in [-0.39, 0.29) is 12.0 Å². The fraction of sp³-hybridized carbons (Fsp3) is 0.444. The zero-order valence-electron chi connectivity index (χ0n) is 14.3. The van der Waals surface area contributed by atoms with Gasteiger partial charge in [-0.3, -0.25) is 4.79 Å². The van der Waals surface area contributed by atoms with Gasteiger partial charge in [-0.05, 0) is 44.0 Å². The molecule has 1 aliphatic heterocycles. The van der Waals surface area contributed by atoms with Gasteiger partial charge in [0.1, 0.15) is 5.75 Å². The molecule has 0 saturated carbocycles. The third kappa shape index (κ3) is 5.30. The minimum Gasteiger partial charge on any atom is -0.491 e. The van der Waals surface area contributed by atoms with Crippen molar-refractivity contribution >= 4 is 18.0 Å². The molecular formula is C18H25N3O3. The van der Waals surface area contributed by atoms with Crippen molar-refractivity contribution in [2.75, 3.05) is 26.2 Å². The lowest BCUT2D eigenvalue weighted by Crippen LogP contribution is -2.39. The number of carbonyl (C=O) groups excluding carboxylic acids is 2. The van der Waals surface area contributed by atoms with Gasteiger partial charge in [0.05, 0.1) is 6.10 Å². The minimum absolute atomic E-state index is 0.0588.